The first-order valence-electron chi connectivity index (χ1n) is 12.5. The highest BCUT2D eigenvalue weighted by Gasteiger charge is 2.24. The Morgan fingerprint density at radius 1 is 0.919 bits per heavy atom. The van der Waals surface area contributed by atoms with Gasteiger partial charge in [-0.3, -0.25) is 14.6 Å². The highest BCUT2D eigenvalue weighted by molar-refractivity contribution is 7.15. The molecule has 1 N–H and O–H groups in total. The van der Waals surface area contributed by atoms with Crippen molar-refractivity contribution in [2.24, 2.45) is 0 Å². The van der Waals surface area contributed by atoms with Crippen molar-refractivity contribution in [2.75, 3.05) is 45.2 Å². The van der Waals surface area contributed by atoms with Crippen molar-refractivity contribution < 1.29 is 14.3 Å². The summed E-state index contributed by atoms with van der Waals surface area (Å²) in [6, 6.07) is 22.9. The van der Waals surface area contributed by atoms with Crippen LogP contribution in [0.1, 0.15) is 21.5 Å². The Balaban J connectivity index is 1.20. The van der Waals surface area contributed by atoms with E-state index in [0.29, 0.717) is 17.1 Å². The Hall–Kier alpha value is -3.52. The number of rotatable bonds is 7. The number of hydrogen-bond donors (Lipinski definition) is 1. The van der Waals surface area contributed by atoms with Crippen molar-refractivity contribution >= 4 is 39.0 Å². The fraction of sp³-hybridized carbons (Fsp3) is 0.267. The van der Waals surface area contributed by atoms with Crippen molar-refractivity contribution in [3.8, 4) is 11.1 Å². The topological polar surface area (TPSA) is 61.9 Å². The number of esters is 1. The highest BCUT2D eigenvalue weighted by atomic mass is 32.1. The summed E-state index contributed by atoms with van der Waals surface area (Å²) in [5.41, 5.74) is 4.58. The molecule has 1 aromatic heterocycles. The van der Waals surface area contributed by atoms with Crippen LogP contribution in [0.2, 0.25) is 0 Å². The van der Waals surface area contributed by atoms with Crippen molar-refractivity contribution in [2.45, 2.75) is 13.5 Å². The minimum atomic E-state index is -0.450. The molecule has 5 rings (SSSR count). The maximum atomic E-state index is 12.9. The monoisotopic (exact) mass is 513 g/mol. The Kier molecular flexibility index (Phi) is 7.65. The second kappa shape index (κ2) is 11.3. The molecule has 2 heterocycles. The number of carbonyl (C=O) groups is 2. The quantitative estimate of drug-likeness (QED) is 0.335. The van der Waals surface area contributed by atoms with E-state index in [-0.39, 0.29) is 5.91 Å². The number of fused-ring (bicyclic) bond motifs is 1. The normalized spacial score (nSPS) is 14.5. The van der Waals surface area contributed by atoms with Gasteiger partial charge in [0.1, 0.15) is 10.6 Å². The van der Waals surface area contributed by atoms with E-state index >= 15 is 0 Å². The Bertz CT molecular complexity index is 1400. The minimum absolute atomic E-state index is 0.120. The first-order chi connectivity index (χ1) is 18.0. The molecule has 0 radical (unpaired) electrons. The smallest absolute Gasteiger partial charge is 0.341 e. The fourth-order valence-corrected chi connectivity index (χ4v) is 5.82. The number of hydrogen-bond acceptors (Lipinski definition) is 6. The van der Waals surface area contributed by atoms with Gasteiger partial charge in [-0.05, 0) is 28.8 Å². The van der Waals surface area contributed by atoms with E-state index in [2.05, 4.69) is 57.6 Å². The van der Waals surface area contributed by atoms with Crippen LogP contribution in [0.15, 0.2) is 72.1 Å². The summed E-state index contributed by atoms with van der Waals surface area (Å²) in [7, 11) is 1.36. The lowest BCUT2D eigenvalue weighted by molar-refractivity contribution is -0.117. The molecule has 3 aromatic carbocycles. The van der Waals surface area contributed by atoms with Gasteiger partial charge >= 0.3 is 5.97 Å². The van der Waals surface area contributed by atoms with Gasteiger partial charge in [0.2, 0.25) is 5.91 Å². The molecule has 1 aliphatic heterocycles. The summed E-state index contributed by atoms with van der Waals surface area (Å²) in [4.78, 5) is 30.2. The third-order valence-electron chi connectivity index (χ3n) is 6.90. The summed E-state index contributed by atoms with van der Waals surface area (Å²) in [6.45, 7) is 6.66. The zero-order valence-corrected chi connectivity index (χ0v) is 22.0. The molecule has 190 valence electrons. The molecule has 37 heavy (non-hydrogen) atoms. The van der Waals surface area contributed by atoms with Gasteiger partial charge in [-0.1, -0.05) is 72.3 Å². The number of aryl methyl sites for hydroxylation is 1. The molecule has 0 saturated carbocycles. The molecule has 0 bridgehead atoms. The van der Waals surface area contributed by atoms with Gasteiger partial charge in [-0.25, -0.2) is 4.79 Å². The first kappa shape index (κ1) is 25.1. The number of anilines is 1. The average Bonchev–Trinajstić information content (AvgIpc) is 3.33. The van der Waals surface area contributed by atoms with E-state index in [0.717, 1.165) is 49.4 Å². The second-order valence-corrected chi connectivity index (χ2v) is 10.3. The molecule has 0 atom stereocenters. The number of methoxy groups -OCH3 is 1. The Morgan fingerprint density at radius 3 is 2.38 bits per heavy atom. The lowest BCUT2D eigenvalue weighted by Gasteiger charge is -2.34. The molecule has 1 amide bonds. The van der Waals surface area contributed by atoms with Crippen molar-refractivity contribution in [1.29, 1.82) is 0 Å². The van der Waals surface area contributed by atoms with Crippen LogP contribution in [0, 0.1) is 6.92 Å². The van der Waals surface area contributed by atoms with Crippen molar-refractivity contribution in [3.63, 3.8) is 0 Å². The van der Waals surface area contributed by atoms with E-state index in [1.165, 1.54) is 34.8 Å². The zero-order chi connectivity index (χ0) is 25.8. The SMILES string of the molecule is COC(=O)c1c(-c2ccc(C)cc2)csc1NC(=O)CN1CCN(Cc2cccc3ccccc23)CC1. The summed E-state index contributed by atoms with van der Waals surface area (Å²) >= 11 is 1.35. The Morgan fingerprint density at radius 2 is 1.62 bits per heavy atom. The minimum Gasteiger partial charge on any atom is -0.465 e. The van der Waals surface area contributed by atoms with Crippen LogP contribution in [0.3, 0.4) is 0 Å². The van der Waals surface area contributed by atoms with Gasteiger partial charge in [0, 0.05) is 43.7 Å². The van der Waals surface area contributed by atoms with Gasteiger partial charge < -0.3 is 10.1 Å². The largest absolute Gasteiger partial charge is 0.465 e. The summed E-state index contributed by atoms with van der Waals surface area (Å²) < 4.78 is 5.04. The van der Waals surface area contributed by atoms with E-state index in [4.69, 9.17) is 4.74 Å². The molecule has 0 unspecified atom stereocenters. The lowest BCUT2D eigenvalue weighted by Crippen LogP contribution is -2.48. The molecule has 1 saturated heterocycles. The molecule has 4 aromatic rings. The summed E-state index contributed by atoms with van der Waals surface area (Å²) in [5.74, 6) is -0.570. The lowest BCUT2D eigenvalue weighted by atomic mass is 10.0. The van der Waals surface area contributed by atoms with Crippen molar-refractivity contribution in [3.05, 3.63) is 88.8 Å². The number of amides is 1. The van der Waals surface area contributed by atoms with Crippen molar-refractivity contribution in [1.82, 2.24) is 9.80 Å². The van der Waals surface area contributed by atoms with E-state index in [1.807, 2.05) is 36.6 Å². The Labute approximate surface area is 221 Å². The third-order valence-corrected chi connectivity index (χ3v) is 7.80. The molecule has 0 spiro atoms. The van der Waals surface area contributed by atoms with E-state index < -0.39 is 5.97 Å². The van der Waals surface area contributed by atoms with Crippen LogP contribution in [-0.2, 0) is 16.1 Å². The highest BCUT2D eigenvalue weighted by Crippen LogP contribution is 2.36. The van der Waals surface area contributed by atoms with Crippen LogP contribution in [0.4, 0.5) is 5.00 Å². The van der Waals surface area contributed by atoms with E-state index in [1.54, 1.807) is 0 Å². The maximum Gasteiger partial charge on any atom is 0.341 e. The van der Waals surface area contributed by atoms with Crippen LogP contribution >= 0.6 is 11.3 Å². The molecule has 1 fully saturated rings. The maximum absolute atomic E-state index is 12.9. The van der Waals surface area contributed by atoms with Crippen LogP contribution < -0.4 is 5.32 Å². The molecule has 1 aliphatic rings. The average molecular weight is 514 g/mol. The number of thiophene rings is 1. The van der Waals surface area contributed by atoms with Gasteiger partial charge in [-0.2, -0.15) is 0 Å². The molecule has 7 heteroatoms. The third kappa shape index (κ3) is 5.74. The predicted molar refractivity (Wildman–Crippen MR) is 150 cm³/mol. The number of piperazine rings is 1. The number of benzene rings is 3. The summed E-state index contributed by atoms with van der Waals surface area (Å²) in [5, 5.41) is 7.97. The van der Waals surface area contributed by atoms with Crippen LogP contribution in [-0.4, -0.2) is 61.5 Å². The fourth-order valence-electron chi connectivity index (χ4n) is 4.85. The van der Waals surface area contributed by atoms with Gasteiger partial charge in [0.15, 0.2) is 0 Å². The molecule has 6 nitrogen and oxygen atoms in total. The van der Waals surface area contributed by atoms with Crippen LogP contribution in [0.5, 0.6) is 0 Å². The first-order valence-corrected chi connectivity index (χ1v) is 13.4. The predicted octanol–water partition coefficient (Wildman–Crippen LogP) is 5.42. The zero-order valence-electron chi connectivity index (χ0n) is 21.2. The molecular weight excluding hydrogens is 482 g/mol. The van der Waals surface area contributed by atoms with E-state index in [9.17, 15) is 9.59 Å². The number of ether oxygens (including phenoxy) is 1. The second-order valence-electron chi connectivity index (χ2n) is 9.45. The van der Waals surface area contributed by atoms with Gasteiger partial charge in [-0.15, -0.1) is 11.3 Å². The standard InChI is InChI=1S/C30H31N3O3S/c1-21-10-12-23(13-11-21)26-20-37-29(28(26)30(35)36-2)31-27(34)19-33-16-14-32(15-17-33)18-24-8-5-7-22-6-3-4-9-25(22)24/h3-13,20H,14-19H2,1-2H3,(H,31,34). The number of nitrogens with zero attached hydrogens (tertiary/aromatic N) is 2. The van der Waals surface area contributed by atoms with Crippen LogP contribution in [0.25, 0.3) is 21.9 Å². The van der Waals surface area contributed by atoms with Gasteiger partial charge in [0.25, 0.3) is 0 Å². The number of carbonyl (C=O) groups excluding carboxylic acids is 2. The molecule has 0 aliphatic carbocycles. The van der Waals surface area contributed by atoms with Gasteiger partial charge in [0.05, 0.1) is 13.7 Å². The summed E-state index contributed by atoms with van der Waals surface area (Å²) in [6.07, 6.45) is 0. The number of nitrogens with one attached hydrogen (secondary N) is 1. The molecular formula is C30H31N3O3S.